The van der Waals surface area contributed by atoms with E-state index in [0.717, 1.165) is 11.1 Å². The summed E-state index contributed by atoms with van der Waals surface area (Å²) in [7, 11) is 1.86. The van der Waals surface area contributed by atoms with Crippen LogP contribution in [0.4, 0.5) is 0 Å². The number of imidazole rings is 1. The van der Waals surface area contributed by atoms with Crippen LogP contribution in [-0.4, -0.2) is 27.4 Å². The Morgan fingerprint density at radius 2 is 1.79 bits per heavy atom. The molecule has 122 valence electrons. The molecule has 0 saturated carbocycles. The van der Waals surface area contributed by atoms with Crippen LogP contribution in [0.25, 0.3) is 0 Å². The van der Waals surface area contributed by atoms with E-state index in [1.54, 1.807) is 28.2 Å². The molecule has 1 unspecified atom stereocenters. The van der Waals surface area contributed by atoms with Crippen molar-refractivity contribution in [2.45, 2.75) is 12.6 Å². The molecule has 2 aromatic carbocycles. The van der Waals surface area contributed by atoms with Crippen LogP contribution in [0.2, 0.25) is 0 Å². The van der Waals surface area contributed by atoms with Gasteiger partial charge in [0.25, 0.3) is 0 Å². The van der Waals surface area contributed by atoms with Gasteiger partial charge in [-0.3, -0.25) is 4.79 Å². The Morgan fingerprint density at radius 1 is 1.12 bits per heavy atom. The first kappa shape index (κ1) is 16.7. The minimum atomic E-state index is -0.112. The van der Waals surface area contributed by atoms with Crippen LogP contribution in [0.3, 0.4) is 0 Å². The smallest absolute Gasteiger partial charge is 0.243 e. The molecule has 0 radical (unpaired) electrons. The first-order valence-corrected chi connectivity index (χ1v) is 8.75. The molecule has 0 fully saturated rings. The summed E-state index contributed by atoms with van der Waals surface area (Å²) in [5, 5.41) is 0. The quantitative estimate of drug-likeness (QED) is 0.578. The Morgan fingerprint density at radius 3 is 2.42 bits per heavy atom. The average molecular weight is 431 g/mol. The minimum absolute atomic E-state index is 0.0420. The normalized spacial score (nSPS) is 11.9. The summed E-state index contributed by atoms with van der Waals surface area (Å²) in [6.07, 6.45) is 5.14. The molecule has 0 aliphatic carbocycles. The van der Waals surface area contributed by atoms with Crippen LogP contribution in [0.15, 0.2) is 73.3 Å². The van der Waals surface area contributed by atoms with Crippen molar-refractivity contribution < 1.29 is 4.79 Å². The van der Waals surface area contributed by atoms with Crippen LogP contribution < -0.4 is 0 Å². The van der Waals surface area contributed by atoms with Gasteiger partial charge in [-0.05, 0) is 45.9 Å². The molecule has 3 aromatic rings. The molecule has 1 heterocycles. The van der Waals surface area contributed by atoms with E-state index in [2.05, 4.69) is 64.0 Å². The molecular formula is C19H18IN3O. The van der Waals surface area contributed by atoms with Crippen molar-refractivity contribution in [3.8, 4) is 0 Å². The van der Waals surface area contributed by atoms with Gasteiger partial charge in [0.2, 0.25) is 5.91 Å². The number of rotatable bonds is 5. The van der Waals surface area contributed by atoms with Gasteiger partial charge in [-0.15, -0.1) is 0 Å². The highest BCUT2D eigenvalue weighted by molar-refractivity contribution is 14.1. The number of hydrogen-bond donors (Lipinski definition) is 0. The maximum Gasteiger partial charge on any atom is 0.243 e. The largest absolute Gasteiger partial charge is 0.333 e. The molecule has 1 amide bonds. The van der Waals surface area contributed by atoms with Crippen molar-refractivity contribution in [1.82, 2.24) is 14.5 Å². The van der Waals surface area contributed by atoms with Gasteiger partial charge in [-0.1, -0.05) is 42.5 Å². The van der Waals surface area contributed by atoms with Crippen molar-refractivity contribution in [2.24, 2.45) is 0 Å². The zero-order valence-corrected chi connectivity index (χ0v) is 15.5. The molecule has 5 heteroatoms. The minimum Gasteiger partial charge on any atom is -0.333 e. The molecule has 0 aliphatic rings. The topological polar surface area (TPSA) is 38.1 Å². The van der Waals surface area contributed by atoms with E-state index in [4.69, 9.17) is 0 Å². The average Bonchev–Trinajstić information content (AvgIpc) is 3.10. The van der Waals surface area contributed by atoms with Gasteiger partial charge in [0, 0.05) is 23.0 Å². The molecule has 3 rings (SSSR count). The third kappa shape index (κ3) is 3.84. The summed E-state index contributed by atoms with van der Waals surface area (Å²) in [5.74, 6) is 0.0420. The molecule has 4 nitrogen and oxygen atoms in total. The number of carbonyl (C=O) groups excluding carboxylic acids is 1. The Bertz CT molecular complexity index is 785. The summed E-state index contributed by atoms with van der Waals surface area (Å²) in [4.78, 5) is 18.5. The number of nitrogens with zero attached hydrogens (tertiary/aromatic N) is 3. The standard InChI is InChI=1S/C19H18IN3O/c1-22(18(24)13-23-12-11-21-14-23)19(15-5-3-2-4-6-15)16-7-9-17(20)10-8-16/h2-12,14,19H,13H2,1H3. The Hall–Kier alpha value is -2.15. The number of carbonyl (C=O) groups is 1. The highest BCUT2D eigenvalue weighted by atomic mass is 127. The van der Waals surface area contributed by atoms with E-state index in [1.165, 1.54) is 3.57 Å². The van der Waals surface area contributed by atoms with Crippen LogP contribution in [-0.2, 0) is 11.3 Å². The van der Waals surface area contributed by atoms with Crippen molar-refractivity contribution >= 4 is 28.5 Å². The number of halogens is 1. The second kappa shape index (κ2) is 7.61. The fraction of sp³-hybridized carbons (Fsp3) is 0.158. The van der Waals surface area contributed by atoms with Crippen LogP contribution in [0.5, 0.6) is 0 Å². The van der Waals surface area contributed by atoms with Gasteiger partial charge in [-0.2, -0.15) is 0 Å². The fourth-order valence-corrected chi connectivity index (χ4v) is 3.07. The van der Waals surface area contributed by atoms with Crippen molar-refractivity contribution in [2.75, 3.05) is 7.05 Å². The predicted molar refractivity (Wildman–Crippen MR) is 102 cm³/mol. The second-order valence-electron chi connectivity index (χ2n) is 5.60. The van der Waals surface area contributed by atoms with Gasteiger partial charge < -0.3 is 9.47 Å². The zero-order chi connectivity index (χ0) is 16.9. The second-order valence-corrected chi connectivity index (χ2v) is 6.85. The lowest BCUT2D eigenvalue weighted by Crippen LogP contribution is -2.34. The first-order valence-electron chi connectivity index (χ1n) is 7.67. The SMILES string of the molecule is CN(C(=O)Cn1ccnc1)C(c1ccccc1)c1ccc(I)cc1. The highest BCUT2D eigenvalue weighted by Gasteiger charge is 2.23. The molecule has 0 N–H and O–H groups in total. The maximum atomic E-state index is 12.7. The number of likely N-dealkylation sites (N-methyl/N-ethyl adjacent to an activating group) is 1. The van der Waals surface area contributed by atoms with Gasteiger partial charge in [0.1, 0.15) is 6.54 Å². The van der Waals surface area contributed by atoms with E-state index in [9.17, 15) is 4.79 Å². The molecule has 1 aromatic heterocycles. The first-order chi connectivity index (χ1) is 11.6. The number of hydrogen-bond acceptors (Lipinski definition) is 2. The van der Waals surface area contributed by atoms with Crippen molar-refractivity contribution in [3.63, 3.8) is 0 Å². The van der Waals surface area contributed by atoms with E-state index < -0.39 is 0 Å². The third-order valence-corrected chi connectivity index (χ3v) is 4.68. The van der Waals surface area contributed by atoms with E-state index in [-0.39, 0.29) is 18.5 Å². The predicted octanol–water partition coefficient (Wildman–Crippen LogP) is 3.74. The Labute approximate surface area is 155 Å². The summed E-state index contributed by atoms with van der Waals surface area (Å²) in [5.41, 5.74) is 2.20. The lowest BCUT2D eigenvalue weighted by Gasteiger charge is -2.29. The number of aromatic nitrogens is 2. The Balaban J connectivity index is 1.91. The van der Waals surface area contributed by atoms with Gasteiger partial charge >= 0.3 is 0 Å². The van der Waals surface area contributed by atoms with Gasteiger partial charge in [-0.25, -0.2) is 4.98 Å². The summed E-state index contributed by atoms with van der Waals surface area (Å²) < 4.78 is 2.96. The number of amides is 1. The molecule has 0 bridgehead atoms. The Kier molecular flexibility index (Phi) is 5.30. The van der Waals surface area contributed by atoms with E-state index in [1.807, 2.05) is 25.2 Å². The zero-order valence-electron chi connectivity index (χ0n) is 13.3. The number of benzene rings is 2. The molecule has 0 aliphatic heterocycles. The molecule has 0 spiro atoms. The fourth-order valence-electron chi connectivity index (χ4n) is 2.71. The van der Waals surface area contributed by atoms with Gasteiger partial charge in [0.15, 0.2) is 0 Å². The van der Waals surface area contributed by atoms with Crippen LogP contribution in [0.1, 0.15) is 17.2 Å². The molecule has 0 saturated heterocycles. The lowest BCUT2D eigenvalue weighted by atomic mass is 9.97. The summed E-state index contributed by atoms with van der Waals surface area (Å²) >= 11 is 2.29. The van der Waals surface area contributed by atoms with E-state index >= 15 is 0 Å². The summed E-state index contributed by atoms with van der Waals surface area (Å²) in [6.45, 7) is 0.282. The van der Waals surface area contributed by atoms with Crippen LogP contribution in [0, 0.1) is 3.57 Å². The molecular weight excluding hydrogens is 413 g/mol. The molecule has 1 atom stereocenters. The monoisotopic (exact) mass is 431 g/mol. The third-order valence-electron chi connectivity index (χ3n) is 3.96. The van der Waals surface area contributed by atoms with Gasteiger partial charge in [0.05, 0.1) is 12.4 Å². The highest BCUT2D eigenvalue weighted by Crippen LogP contribution is 2.28. The maximum absolute atomic E-state index is 12.7. The summed E-state index contributed by atoms with van der Waals surface area (Å²) in [6, 6.07) is 18.3. The molecule has 24 heavy (non-hydrogen) atoms. The van der Waals surface area contributed by atoms with Crippen LogP contribution >= 0.6 is 22.6 Å². The van der Waals surface area contributed by atoms with Crippen molar-refractivity contribution in [3.05, 3.63) is 88.0 Å². The van der Waals surface area contributed by atoms with E-state index in [0.29, 0.717) is 0 Å². The lowest BCUT2D eigenvalue weighted by molar-refractivity contribution is -0.132. The van der Waals surface area contributed by atoms with Crippen molar-refractivity contribution in [1.29, 1.82) is 0 Å².